The van der Waals surface area contributed by atoms with Crippen molar-refractivity contribution in [1.29, 1.82) is 0 Å². The molecule has 1 rings (SSSR count). The molecule has 0 atom stereocenters. The maximum absolute atomic E-state index is 12.3. The van der Waals surface area contributed by atoms with Crippen molar-refractivity contribution in [1.82, 2.24) is 0 Å². The van der Waals surface area contributed by atoms with Crippen molar-refractivity contribution in [3.8, 4) is 11.5 Å². The first-order chi connectivity index (χ1) is 11.0. The summed E-state index contributed by atoms with van der Waals surface area (Å²) in [5.41, 5.74) is 1.51. The van der Waals surface area contributed by atoms with Crippen LogP contribution in [0.3, 0.4) is 0 Å². The Labute approximate surface area is 147 Å². The maximum Gasteiger partial charge on any atom is 0.338 e. The molecule has 5 heteroatoms. The maximum atomic E-state index is 12.3. The highest BCUT2D eigenvalue weighted by atomic mass is 31.1. The predicted octanol–water partition coefficient (Wildman–Crippen LogP) is 5.07. The topological polar surface area (TPSA) is 44.8 Å². The number of carbonyl (C=O) groups excluding carboxylic acids is 1. The van der Waals surface area contributed by atoms with Gasteiger partial charge in [0.15, 0.2) is 11.5 Å². The molecule has 136 valence electrons. The van der Waals surface area contributed by atoms with Crippen molar-refractivity contribution < 1.29 is 19.0 Å². The number of ether oxygens (including phenoxy) is 3. The number of benzene rings is 1. The van der Waals surface area contributed by atoms with Crippen LogP contribution in [0.5, 0.6) is 11.5 Å². The van der Waals surface area contributed by atoms with E-state index in [2.05, 4.69) is 41.5 Å². The Hall–Kier alpha value is -1.28. The molecule has 0 N–H and O–H groups in total. The quantitative estimate of drug-likeness (QED) is 0.547. The zero-order valence-corrected chi connectivity index (χ0v) is 17.3. The molecular formula is C19H31O4P. The zero-order chi connectivity index (χ0) is 18.7. The number of hydrogen-bond donors (Lipinski definition) is 0. The molecule has 24 heavy (non-hydrogen) atoms. The van der Waals surface area contributed by atoms with Crippen LogP contribution in [-0.2, 0) is 10.9 Å². The lowest BCUT2D eigenvalue weighted by Crippen LogP contribution is -2.26. The molecular weight excluding hydrogens is 323 g/mol. The van der Waals surface area contributed by atoms with Gasteiger partial charge >= 0.3 is 5.97 Å². The van der Waals surface area contributed by atoms with Gasteiger partial charge in [-0.3, -0.25) is 0 Å². The Kier molecular flexibility index (Phi) is 6.69. The minimum Gasteiger partial charge on any atom is -0.493 e. The Balaban J connectivity index is 3.47. The summed E-state index contributed by atoms with van der Waals surface area (Å²) in [6, 6.07) is 3.64. The highest BCUT2D eigenvalue weighted by Gasteiger charge is 2.35. The summed E-state index contributed by atoms with van der Waals surface area (Å²) in [7, 11) is 4.17. The van der Waals surface area contributed by atoms with E-state index >= 15 is 0 Å². The SMILES string of the molecule is COC(=O)c1cc(OC)c(OC)cc1CP(C(C)(C)C)C(C)(C)C. The monoisotopic (exact) mass is 354 g/mol. The predicted molar refractivity (Wildman–Crippen MR) is 101 cm³/mol. The highest BCUT2D eigenvalue weighted by Crippen LogP contribution is 2.61. The summed E-state index contributed by atoms with van der Waals surface area (Å²) in [6.07, 6.45) is 0.827. The van der Waals surface area contributed by atoms with E-state index in [1.807, 2.05) is 6.07 Å². The van der Waals surface area contributed by atoms with Gasteiger partial charge < -0.3 is 14.2 Å². The number of carbonyl (C=O) groups is 1. The fourth-order valence-corrected chi connectivity index (χ4v) is 6.57. The number of methoxy groups -OCH3 is 3. The summed E-state index contributed by atoms with van der Waals surface area (Å²) < 4.78 is 15.7. The van der Waals surface area contributed by atoms with Gasteiger partial charge in [0.25, 0.3) is 0 Å². The van der Waals surface area contributed by atoms with Gasteiger partial charge in [0.1, 0.15) is 0 Å². The van der Waals surface area contributed by atoms with Crippen LogP contribution in [0.4, 0.5) is 0 Å². The molecule has 0 saturated carbocycles. The van der Waals surface area contributed by atoms with Crippen LogP contribution in [0.1, 0.15) is 57.5 Å². The molecule has 0 radical (unpaired) electrons. The first kappa shape index (κ1) is 20.8. The van der Waals surface area contributed by atoms with Crippen LogP contribution in [0, 0.1) is 0 Å². The van der Waals surface area contributed by atoms with E-state index in [0.29, 0.717) is 17.1 Å². The third-order valence-corrected chi connectivity index (χ3v) is 7.86. The molecule has 0 saturated heterocycles. The largest absolute Gasteiger partial charge is 0.493 e. The van der Waals surface area contributed by atoms with E-state index in [-0.39, 0.29) is 16.3 Å². The van der Waals surface area contributed by atoms with Crippen molar-refractivity contribution >= 4 is 13.9 Å². The van der Waals surface area contributed by atoms with E-state index in [9.17, 15) is 4.79 Å². The number of rotatable bonds is 5. The van der Waals surface area contributed by atoms with Crippen molar-refractivity contribution in [3.05, 3.63) is 23.3 Å². The van der Waals surface area contributed by atoms with E-state index in [1.165, 1.54) is 7.11 Å². The summed E-state index contributed by atoms with van der Waals surface area (Å²) in [5, 5.41) is 0.322. The van der Waals surface area contributed by atoms with E-state index in [0.717, 1.165) is 11.7 Å². The Bertz CT molecular complexity index is 568. The molecule has 1 aromatic carbocycles. The number of esters is 1. The Morgan fingerprint density at radius 3 is 1.75 bits per heavy atom. The van der Waals surface area contributed by atoms with Crippen LogP contribution in [0.25, 0.3) is 0 Å². The average Bonchev–Trinajstić information content (AvgIpc) is 2.48. The van der Waals surface area contributed by atoms with Gasteiger partial charge in [-0.15, -0.1) is 0 Å². The average molecular weight is 354 g/mol. The first-order valence-corrected chi connectivity index (χ1v) is 9.59. The molecule has 1 aromatic rings. The van der Waals surface area contributed by atoms with Crippen molar-refractivity contribution in [2.75, 3.05) is 21.3 Å². The zero-order valence-electron chi connectivity index (χ0n) is 16.4. The van der Waals surface area contributed by atoms with Gasteiger partial charge in [0.2, 0.25) is 0 Å². The normalized spacial score (nSPS) is 12.2. The van der Waals surface area contributed by atoms with Crippen molar-refractivity contribution in [3.63, 3.8) is 0 Å². The third kappa shape index (κ3) is 4.86. The summed E-state index contributed by atoms with van der Waals surface area (Å²) in [4.78, 5) is 12.3. The molecule has 0 aliphatic rings. The summed E-state index contributed by atoms with van der Waals surface area (Å²) >= 11 is 0. The van der Waals surface area contributed by atoms with Gasteiger partial charge in [-0.05, 0) is 34.2 Å². The lowest BCUT2D eigenvalue weighted by atomic mass is 10.1. The summed E-state index contributed by atoms with van der Waals surface area (Å²) in [5.74, 6) is 0.833. The van der Waals surface area contributed by atoms with E-state index in [1.54, 1.807) is 20.3 Å². The molecule has 0 bridgehead atoms. The molecule has 0 aliphatic heterocycles. The smallest absolute Gasteiger partial charge is 0.338 e. The Morgan fingerprint density at radius 1 is 0.917 bits per heavy atom. The molecule has 0 unspecified atom stereocenters. The van der Waals surface area contributed by atoms with Crippen molar-refractivity contribution in [2.45, 2.75) is 58.0 Å². The first-order valence-electron chi connectivity index (χ1n) is 8.06. The van der Waals surface area contributed by atoms with Crippen LogP contribution in [0.2, 0.25) is 0 Å². The summed E-state index contributed by atoms with van der Waals surface area (Å²) in [6.45, 7) is 13.6. The lowest BCUT2D eigenvalue weighted by Gasteiger charge is -2.42. The third-order valence-electron chi connectivity index (χ3n) is 3.96. The van der Waals surface area contributed by atoms with Gasteiger partial charge in [-0.1, -0.05) is 49.5 Å². The van der Waals surface area contributed by atoms with Gasteiger partial charge in [-0.2, -0.15) is 0 Å². The Morgan fingerprint density at radius 2 is 1.38 bits per heavy atom. The molecule has 0 amide bonds. The lowest BCUT2D eigenvalue weighted by molar-refractivity contribution is 0.0599. The van der Waals surface area contributed by atoms with Gasteiger partial charge in [0.05, 0.1) is 26.9 Å². The minimum absolute atomic E-state index is 0.161. The standard InChI is InChI=1S/C19H31O4P/c1-18(2,3)24(19(4,5)6)12-13-10-15(21-7)16(22-8)11-14(13)17(20)23-9/h10-11H,12H2,1-9H3. The number of hydrogen-bond acceptors (Lipinski definition) is 4. The molecule has 0 fully saturated rings. The van der Waals surface area contributed by atoms with Crippen molar-refractivity contribution in [2.24, 2.45) is 0 Å². The van der Waals surface area contributed by atoms with Crippen LogP contribution >= 0.6 is 7.92 Å². The van der Waals surface area contributed by atoms with Crippen LogP contribution < -0.4 is 9.47 Å². The molecule has 0 aliphatic carbocycles. The second-order valence-electron chi connectivity index (χ2n) is 7.78. The minimum atomic E-state index is -0.400. The molecule has 0 aromatic heterocycles. The fraction of sp³-hybridized carbons (Fsp3) is 0.632. The second-order valence-corrected chi connectivity index (χ2v) is 11.6. The molecule has 0 heterocycles. The van der Waals surface area contributed by atoms with Gasteiger partial charge in [-0.25, -0.2) is 4.79 Å². The van der Waals surface area contributed by atoms with Gasteiger partial charge in [0, 0.05) is 0 Å². The molecule has 0 spiro atoms. The second kappa shape index (κ2) is 7.74. The highest BCUT2D eigenvalue weighted by molar-refractivity contribution is 7.60. The molecule has 4 nitrogen and oxygen atoms in total. The van der Waals surface area contributed by atoms with E-state index in [4.69, 9.17) is 14.2 Å². The fourth-order valence-electron chi connectivity index (χ4n) is 3.00. The van der Waals surface area contributed by atoms with Crippen LogP contribution in [0.15, 0.2) is 12.1 Å². The van der Waals surface area contributed by atoms with E-state index < -0.39 is 7.92 Å². The van der Waals surface area contributed by atoms with Crippen LogP contribution in [-0.4, -0.2) is 37.6 Å².